The van der Waals surface area contributed by atoms with Crippen LogP contribution in [0.25, 0.3) is 0 Å². The van der Waals surface area contributed by atoms with Gasteiger partial charge in [0.05, 0.1) is 22.7 Å². The van der Waals surface area contributed by atoms with Crippen LogP contribution in [0.5, 0.6) is 0 Å². The van der Waals surface area contributed by atoms with Gasteiger partial charge in [-0.25, -0.2) is 0 Å². The second-order valence-corrected chi connectivity index (χ2v) is 7.15. The molecule has 0 spiro atoms. The highest BCUT2D eigenvalue weighted by Gasteiger charge is 2.17. The lowest BCUT2D eigenvalue weighted by Crippen LogP contribution is -2.29. The van der Waals surface area contributed by atoms with Gasteiger partial charge >= 0.3 is 0 Å². The molecule has 0 saturated carbocycles. The van der Waals surface area contributed by atoms with E-state index in [-0.39, 0.29) is 17.2 Å². The molecule has 4 heteroatoms. The maximum absolute atomic E-state index is 12.4. The summed E-state index contributed by atoms with van der Waals surface area (Å²) in [6.07, 6.45) is 1.74. The van der Waals surface area contributed by atoms with Crippen molar-refractivity contribution in [2.75, 3.05) is 5.75 Å². The summed E-state index contributed by atoms with van der Waals surface area (Å²) in [5, 5.41) is 3.16. The fourth-order valence-corrected chi connectivity index (χ4v) is 3.89. The Balaban J connectivity index is 1.65. The molecule has 0 aliphatic carbocycles. The first-order valence-corrected chi connectivity index (χ1v) is 9.70. The van der Waals surface area contributed by atoms with Gasteiger partial charge in [-0.1, -0.05) is 66.7 Å². The van der Waals surface area contributed by atoms with Crippen LogP contribution in [-0.2, 0) is 4.79 Å². The van der Waals surface area contributed by atoms with E-state index in [4.69, 9.17) is 0 Å². The van der Waals surface area contributed by atoms with E-state index in [1.165, 1.54) is 11.1 Å². The minimum absolute atomic E-state index is 0.0185. The molecular formula is C22H22N2OS. The molecule has 132 valence electrons. The molecule has 0 aliphatic heterocycles. The third-order valence-corrected chi connectivity index (χ3v) is 5.40. The number of amides is 1. The van der Waals surface area contributed by atoms with Gasteiger partial charge in [0.15, 0.2) is 0 Å². The van der Waals surface area contributed by atoms with Gasteiger partial charge in [-0.15, -0.1) is 11.8 Å². The number of hydrogen-bond acceptors (Lipinski definition) is 3. The quantitative estimate of drug-likeness (QED) is 0.657. The number of rotatable bonds is 7. The largest absolute Gasteiger partial charge is 0.347 e. The molecule has 1 heterocycles. The molecule has 3 rings (SSSR count). The third kappa shape index (κ3) is 4.96. The van der Waals surface area contributed by atoms with Crippen LogP contribution in [0, 0.1) is 0 Å². The van der Waals surface area contributed by atoms with E-state index in [1.807, 2.05) is 61.5 Å². The SMILES string of the molecule is C[C@@H](NC(=O)CSC(c1ccccc1)c1ccccc1)c1ccccn1. The molecule has 0 saturated heterocycles. The zero-order valence-corrected chi connectivity index (χ0v) is 15.5. The molecule has 1 amide bonds. The monoisotopic (exact) mass is 362 g/mol. The van der Waals surface area contributed by atoms with Crippen LogP contribution < -0.4 is 5.32 Å². The average Bonchev–Trinajstić information content (AvgIpc) is 2.70. The first kappa shape index (κ1) is 18.2. The highest BCUT2D eigenvalue weighted by atomic mass is 32.2. The normalized spacial score (nSPS) is 11.9. The predicted octanol–water partition coefficient (Wildman–Crippen LogP) is 4.78. The van der Waals surface area contributed by atoms with E-state index in [1.54, 1.807) is 18.0 Å². The van der Waals surface area contributed by atoms with Crippen LogP contribution in [0.3, 0.4) is 0 Å². The number of aromatic nitrogens is 1. The summed E-state index contributed by atoms with van der Waals surface area (Å²) in [6, 6.07) is 26.2. The van der Waals surface area contributed by atoms with E-state index in [2.05, 4.69) is 34.6 Å². The summed E-state index contributed by atoms with van der Waals surface area (Å²) in [6.45, 7) is 1.96. The standard InChI is InChI=1S/C22H22N2OS/c1-17(20-14-8-9-15-23-20)24-21(25)16-26-22(18-10-4-2-5-11-18)19-12-6-3-7-13-19/h2-15,17,22H,16H2,1H3,(H,24,25)/t17-/m1/s1. The number of thioether (sulfide) groups is 1. The van der Waals surface area contributed by atoms with E-state index in [0.29, 0.717) is 5.75 Å². The lowest BCUT2D eigenvalue weighted by atomic mass is 10.0. The number of benzene rings is 2. The highest BCUT2D eigenvalue weighted by molar-refractivity contribution is 8.00. The molecule has 0 fully saturated rings. The fraction of sp³-hybridized carbons (Fsp3) is 0.182. The van der Waals surface area contributed by atoms with E-state index in [0.717, 1.165) is 5.69 Å². The topological polar surface area (TPSA) is 42.0 Å². The number of carbonyl (C=O) groups excluding carboxylic acids is 1. The van der Waals surface area contributed by atoms with Gasteiger partial charge in [-0.3, -0.25) is 9.78 Å². The van der Waals surface area contributed by atoms with Crippen LogP contribution in [0.1, 0.15) is 35.0 Å². The Morgan fingerprint density at radius 3 is 2.04 bits per heavy atom. The first-order chi connectivity index (χ1) is 12.7. The fourth-order valence-electron chi connectivity index (χ4n) is 2.79. The van der Waals surface area contributed by atoms with Gasteiger partial charge < -0.3 is 5.32 Å². The van der Waals surface area contributed by atoms with E-state index < -0.39 is 0 Å². The van der Waals surface area contributed by atoms with Crippen LogP contribution >= 0.6 is 11.8 Å². The average molecular weight is 362 g/mol. The Kier molecular flexibility index (Phi) is 6.45. The van der Waals surface area contributed by atoms with Crippen molar-refractivity contribution in [1.82, 2.24) is 10.3 Å². The highest BCUT2D eigenvalue weighted by Crippen LogP contribution is 2.35. The van der Waals surface area contributed by atoms with Crippen LogP contribution in [0.4, 0.5) is 0 Å². The summed E-state index contributed by atoms with van der Waals surface area (Å²) in [4.78, 5) is 16.7. The van der Waals surface area contributed by atoms with Crippen LogP contribution in [0.15, 0.2) is 85.1 Å². The van der Waals surface area contributed by atoms with Gasteiger partial charge in [0.1, 0.15) is 0 Å². The van der Waals surface area contributed by atoms with Crippen molar-refractivity contribution in [3.63, 3.8) is 0 Å². The van der Waals surface area contributed by atoms with Crippen molar-refractivity contribution in [2.24, 2.45) is 0 Å². The maximum atomic E-state index is 12.4. The minimum atomic E-state index is -0.101. The molecule has 3 nitrogen and oxygen atoms in total. The summed E-state index contributed by atoms with van der Waals surface area (Å²) in [7, 11) is 0. The molecule has 1 atom stereocenters. The minimum Gasteiger partial charge on any atom is -0.347 e. The lowest BCUT2D eigenvalue weighted by Gasteiger charge is -2.19. The van der Waals surface area contributed by atoms with Crippen molar-refractivity contribution in [3.05, 3.63) is 102 Å². The second-order valence-electron chi connectivity index (χ2n) is 6.06. The molecule has 2 aromatic carbocycles. The Bertz CT molecular complexity index is 770. The second kappa shape index (κ2) is 9.20. The van der Waals surface area contributed by atoms with E-state index >= 15 is 0 Å². The predicted molar refractivity (Wildman–Crippen MR) is 108 cm³/mol. The summed E-state index contributed by atoms with van der Waals surface area (Å²) in [5.41, 5.74) is 3.28. The number of hydrogen-bond donors (Lipinski definition) is 1. The van der Waals surface area contributed by atoms with Gasteiger partial charge in [0.25, 0.3) is 0 Å². The summed E-state index contributed by atoms with van der Waals surface area (Å²) >= 11 is 1.64. The van der Waals surface area contributed by atoms with Crippen LogP contribution in [0.2, 0.25) is 0 Å². The lowest BCUT2D eigenvalue weighted by molar-refractivity contribution is -0.119. The van der Waals surface area contributed by atoms with Crippen molar-refractivity contribution < 1.29 is 4.79 Å². The van der Waals surface area contributed by atoms with Crippen molar-refractivity contribution in [3.8, 4) is 0 Å². The Hall–Kier alpha value is -2.59. The molecule has 3 aromatic rings. The smallest absolute Gasteiger partial charge is 0.230 e. The number of carbonyl (C=O) groups is 1. The van der Waals surface area contributed by atoms with Gasteiger partial charge in [0, 0.05) is 6.20 Å². The molecule has 1 N–H and O–H groups in total. The molecule has 0 unspecified atom stereocenters. The first-order valence-electron chi connectivity index (χ1n) is 8.66. The zero-order chi connectivity index (χ0) is 18.2. The zero-order valence-electron chi connectivity index (χ0n) is 14.7. The summed E-state index contributed by atoms with van der Waals surface area (Å²) in [5.74, 6) is 0.413. The van der Waals surface area contributed by atoms with Gasteiger partial charge in [0.2, 0.25) is 5.91 Å². The van der Waals surface area contributed by atoms with E-state index in [9.17, 15) is 4.79 Å². The summed E-state index contributed by atoms with van der Waals surface area (Å²) < 4.78 is 0. The van der Waals surface area contributed by atoms with Crippen LogP contribution in [-0.4, -0.2) is 16.6 Å². The maximum Gasteiger partial charge on any atom is 0.230 e. The number of nitrogens with one attached hydrogen (secondary N) is 1. The Morgan fingerprint density at radius 2 is 1.50 bits per heavy atom. The molecule has 0 aliphatic rings. The Labute approximate surface area is 158 Å². The van der Waals surface area contributed by atoms with Crippen molar-refractivity contribution >= 4 is 17.7 Å². The van der Waals surface area contributed by atoms with Crippen molar-refractivity contribution in [1.29, 1.82) is 0 Å². The molecule has 0 radical (unpaired) electrons. The molecule has 0 bridgehead atoms. The number of pyridine rings is 1. The van der Waals surface area contributed by atoms with Gasteiger partial charge in [-0.2, -0.15) is 0 Å². The Morgan fingerprint density at radius 1 is 0.923 bits per heavy atom. The molecular weight excluding hydrogens is 340 g/mol. The third-order valence-electron chi connectivity index (χ3n) is 4.09. The molecule has 1 aromatic heterocycles. The molecule has 26 heavy (non-hydrogen) atoms. The van der Waals surface area contributed by atoms with Gasteiger partial charge in [-0.05, 0) is 30.2 Å². The van der Waals surface area contributed by atoms with Crippen molar-refractivity contribution in [2.45, 2.75) is 18.2 Å². The number of nitrogens with zero attached hydrogens (tertiary/aromatic N) is 1.